The molecule has 1 N–H and O–H groups in total. The van der Waals surface area contributed by atoms with E-state index in [1.807, 2.05) is 44.2 Å². The normalized spacial score (nSPS) is 10.4. The Balaban J connectivity index is 1.60. The molecule has 2 amide bonds. The van der Waals surface area contributed by atoms with Crippen molar-refractivity contribution in [2.75, 3.05) is 25.0 Å². The van der Waals surface area contributed by atoms with E-state index in [2.05, 4.69) is 5.32 Å². The second-order valence-electron chi connectivity index (χ2n) is 6.71. The molecule has 160 valence electrons. The molecule has 31 heavy (non-hydrogen) atoms. The number of hydrogen-bond donors (Lipinski definition) is 1. The second-order valence-corrected chi connectivity index (χ2v) is 6.71. The number of nitrogens with one attached hydrogen (secondary N) is 1. The van der Waals surface area contributed by atoms with E-state index >= 15 is 0 Å². The minimum absolute atomic E-state index is 0.0332. The number of esters is 1. The number of ether oxygens (including phenoxy) is 1. The Morgan fingerprint density at radius 3 is 2.42 bits per heavy atom. The Morgan fingerprint density at radius 2 is 1.71 bits per heavy atom. The highest BCUT2D eigenvalue weighted by Gasteiger charge is 2.19. The highest BCUT2D eigenvalue weighted by atomic mass is 16.5. The van der Waals surface area contributed by atoms with Crippen molar-refractivity contribution in [3.63, 3.8) is 0 Å². The number of carbonyl (C=O) groups is 3. The SMILES string of the molecule is CCN(CC)C(=O)c1cccc(NC(=O)COC(=O)c2occc2-c2ccccc2)c1. The summed E-state index contributed by atoms with van der Waals surface area (Å²) < 4.78 is 10.4. The van der Waals surface area contributed by atoms with Crippen molar-refractivity contribution in [1.29, 1.82) is 0 Å². The minimum atomic E-state index is -0.732. The van der Waals surface area contributed by atoms with Gasteiger partial charge >= 0.3 is 5.97 Å². The molecule has 3 rings (SSSR count). The zero-order valence-electron chi connectivity index (χ0n) is 17.5. The first-order valence-corrected chi connectivity index (χ1v) is 10.0. The average molecular weight is 420 g/mol. The quantitative estimate of drug-likeness (QED) is 0.551. The van der Waals surface area contributed by atoms with Crippen LogP contribution in [0.1, 0.15) is 34.8 Å². The summed E-state index contributed by atoms with van der Waals surface area (Å²) in [6.07, 6.45) is 1.40. The van der Waals surface area contributed by atoms with Crippen LogP contribution in [0.2, 0.25) is 0 Å². The van der Waals surface area contributed by atoms with Crippen LogP contribution in [-0.4, -0.2) is 42.4 Å². The molecule has 1 heterocycles. The number of rotatable bonds is 8. The van der Waals surface area contributed by atoms with E-state index in [1.54, 1.807) is 35.2 Å². The number of furan rings is 1. The molecule has 0 saturated carbocycles. The first kappa shape index (κ1) is 21.8. The Kier molecular flexibility index (Phi) is 7.22. The number of amides is 2. The zero-order valence-corrected chi connectivity index (χ0v) is 17.5. The van der Waals surface area contributed by atoms with E-state index < -0.39 is 18.5 Å². The number of nitrogens with zero attached hydrogens (tertiary/aromatic N) is 1. The summed E-state index contributed by atoms with van der Waals surface area (Å²) in [4.78, 5) is 38.8. The van der Waals surface area contributed by atoms with Crippen molar-refractivity contribution in [2.45, 2.75) is 13.8 Å². The van der Waals surface area contributed by atoms with Gasteiger partial charge in [-0.25, -0.2) is 4.79 Å². The van der Waals surface area contributed by atoms with Crippen molar-refractivity contribution < 1.29 is 23.5 Å². The monoisotopic (exact) mass is 420 g/mol. The summed E-state index contributed by atoms with van der Waals surface area (Å²) in [6.45, 7) is 4.52. The lowest BCUT2D eigenvalue weighted by Gasteiger charge is -2.19. The van der Waals surface area contributed by atoms with E-state index in [9.17, 15) is 14.4 Å². The van der Waals surface area contributed by atoms with E-state index in [0.717, 1.165) is 5.56 Å². The lowest BCUT2D eigenvalue weighted by atomic mass is 10.1. The van der Waals surface area contributed by atoms with Crippen LogP contribution >= 0.6 is 0 Å². The van der Waals surface area contributed by atoms with Gasteiger partial charge in [0.15, 0.2) is 6.61 Å². The predicted octanol–water partition coefficient (Wildman–Crippen LogP) is 4.22. The minimum Gasteiger partial charge on any atom is -0.457 e. The van der Waals surface area contributed by atoms with E-state index in [0.29, 0.717) is 29.9 Å². The Labute approximate surface area is 180 Å². The van der Waals surface area contributed by atoms with Crippen molar-refractivity contribution >= 4 is 23.5 Å². The van der Waals surface area contributed by atoms with Crippen molar-refractivity contribution in [2.24, 2.45) is 0 Å². The predicted molar refractivity (Wildman–Crippen MR) is 117 cm³/mol. The van der Waals surface area contributed by atoms with Crippen LogP contribution in [0.5, 0.6) is 0 Å². The molecule has 0 aliphatic carbocycles. The molecule has 0 radical (unpaired) electrons. The van der Waals surface area contributed by atoms with Crippen molar-refractivity contribution in [1.82, 2.24) is 4.90 Å². The fraction of sp³-hybridized carbons (Fsp3) is 0.208. The van der Waals surface area contributed by atoms with E-state index in [-0.39, 0.29) is 11.7 Å². The molecular weight excluding hydrogens is 396 g/mol. The van der Waals surface area contributed by atoms with Crippen molar-refractivity contribution in [3.8, 4) is 11.1 Å². The molecule has 0 fully saturated rings. The number of carbonyl (C=O) groups excluding carboxylic acids is 3. The zero-order chi connectivity index (χ0) is 22.2. The lowest BCUT2D eigenvalue weighted by Crippen LogP contribution is -2.30. The summed E-state index contributed by atoms with van der Waals surface area (Å²) in [5.41, 5.74) is 2.32. The van der Waals surface area contributed by atoms with Gasteiger partial charge in [0.05, 0.1) is 6.26 Å². The molecule has 0 unspecified atom stereocenters. The van der Waals surface area contributed by atoms with Gasteiger partial charge in [0.2, 0.25) is 5.76 Å². The molecule has 0 saturated heterocycles. The van der Waals surface area contributed by atoms with Gasteiger partial charge in [0, 0.05) is 29.9 Å². The highest BCUT2D eigenvalue weighted by Crippen LogP contribution is 2.25. The first-order valence-electron chi connectivity index (χ1n) is 10.0. The van der Waals surface area contributed by atoms with Crippen LogP contribution in [0, 0.1) is 0 Å². The fourth-order valence-corrected chi connectivity index (χ4v) is 3.13. The number of anilines is 1. The van der Waals surface area contributed by atoms with Gasteiger partial charge in [0.25, 0.3) is 11.8 Å². The van der Waals surface area contributed by atoms with Gasteiger partial charge in [-0.15, -0.1) is 0 Å². The third kappa shape index (κ3) is 5.39. The Morgan fingerprint density at radius 1 is 0.968 bits per heavy atom. The van der Waals surface area contributed by atoms with Gasteiger partial charge in [-0.05, 0) is 43.7 Å². The molecule has 0 aliphatic rings. The molecule has 0 aliphatic heterocycles. The maximum Gasteiger partial charge on any atom is 0.375 e. The topological polar surface area (TPSA) is 88.9 Å². The molecule has 0 spiro atoms. The van der Waals surface area contributed by atoms with Gasteiger partial charge in [-0.3, -0.25) is 9.59 Å². The Hall–Kier alpha value is -3.87. The second kappa shape index (κ2) is 10.2. The van der Waals surface area contributed by atoms with Gasteiger partial charge in [-0.1, -0.05) is 36.4 Å². The summed E-state index contributed by atoms with van der Waals surface area (Å²) in [5.74, 6) is -1.33. The molecule has 7 nitrogen and oxygen atoms in total. The Bertz CT molecular complexity index is 1050. The molecule has 2 aromatic carbocycles. The molecule has 3 aromatic rings. The maximum atomic E-state index is 12.5. The van der Waals surface area contributed by atoms with Crippen LogP contribution in [0.15, 0.2) is 71.3 Å². The smallest absolute Gasteiger partial charge is 0.375 e. The third-order valence-electron chi connectivity index (χ3n) is 4.71. The van der Waals surface area contributed by atoms with E-state index in [1.165, 1.54) is 6.26 Å². The molecule has 0 atom stereocenters. The number of benzene rings is 2. The maximum absolute atomic E-state index is 12.5. The summed E-state index contributed by atoms with van der Waals surface area (Å²) in [5, 5.41) is 2.64. The highest BCUT2D eigenvalue weighted by molar-refractivity contribution is 5.99. The van der Waals surface area contributed by atoms with Gasteiger partial charge in [0.1, 0.15) is 0 Å². The van der Waals surface area contributed by atoms with Crippen molar-refractivity contribution in [3.05, 3.63) is 78.3 Å². The molecule has 1 aromatic heterocycles. The van der Waals surface area contributed by atoms with Crippen LogP contribution in [0.3, 0.4) is 0 Å². The summed E-state index contributed by atoms with van der Waals surface area (Å²) >= 11 is 0. The third-order valence-corrected chi connectivity index (χ3v) is 4.71. The van der Waals surface area contributed by atoms with E-state index in [4.69, 9.17) is 9.15 Å². The largest absolute Gasteiger partial charge is 0.457 e. The van der Waals surface area contributed by atoms with Crippen LogP contribution in [0.25, 0.3) is 11.1 Å². The summed E-state index contributed by atoms with van der Waals surface area (Å²) in [6, 6.07) is 17.6. The average Bonchev–Trinajstić information content (AvgIpc) is 3.29. The first-order chi connectivity index (χ1) is 15.0. The summed E-state index contributed by atoms with van der Waals surface area (Å²) in [7, 11) is 0. The molecule has 0 bridgehead atoms. The standard InChI is InChI=1S/C24H24N2O5/c1-3-26(4-2)23(28)18-11-8-12-19(15-18)25-21(27)16-31-24(29)22-20(13-14-30-22)17-9-6-5-7-10-17/h5-15H,3-4,16H2,1-2H3,(H,25,27). The number of hydrogen-bond acceptors (Lipinski definition) is 5. The van der Waals surface area contributed by atoms with Crippen LogP contribution in [0.4, 0.5) is 5.69 Å². The molecular formula is C24H24N2O5. The van der Waals surface area contributed by atoms with Gasteiger partial charge < -0.3 is 19.4 Å². The molecule has 7 heteroatoms. The lowest BCUT2D eigenvalue weighted by molar-refractivity contribution is -0.119. The fourth-order valence-electron chi connectivity index (χ4n) is 3.13. The van der Waals surface area contributed by atoms with Crippen LogP contribution in [-0.2, 0) is 9.53 Å². The van der Waals surface area contributed by atoms with Crippen LogP contribution < -0.4 is 5.32 Å². The van der Waals surface area contributed by atoms with Gasteiger partial charge in [-0.2, -0.15) is 0 Å².